The predicted molar refractivity (Wildman–Crippen MR) is 76.0 cm³/mol. The fourth-order valence-corrected chi connectivity index (χ4v) is 1.95. The fraction of sp³-hybridized carbons (Fsp3) is 0.214. The third-order valence-electron chi connectivity index (χ3n) is 2.60. The topological polar surface area (TPSA) is 34.1 Å². The molecule has 4 heteroatoms. The van der Waals surface area contributed by atoms with E-state index >= 15 is 0 Å². The van der Waals surface area contributed by atoms with Gasteiger partial charge in [0.25, 0.3) is 0 Å². The lowest BCUT2D eigenvalue weighted by Gasteiger charge is -2.11. The van der Waals surface area contributed by atoms with E-state index in [0.29, 0.717) is 5.88 Å². The summed E-state index contributed by atoms with van der Waals surface area (Å²) in [6, 6.07) is 9.88. The summed E-state index contributed by atoms with van der Waals surface area (Å²) in [5, 5.41) is 3.12. The maximum Gasteiger partial charge on any atom is 0.233 e. The van der Waals surface area contributed by atoms with E-state index in [0.717, 1.165) is 27.9 Å². The van der Waals surface area contributed by atoms with Crippen molar-refractivity contribution in [1.29, 1.82) is 0 Å². The highest BCUT2D eigenvalue weighted by molar-refractivity contribution is 9.10. The molecule has 2 rings (SSSR count). The van der Waals surface area contributed by atoms with Gasteiger partial charge in [0.15, 0.2) is 0 Å². The number of rotatable bonds is 4. The van der Waals surface area contributed by atoms with Gasteiger partial charge in [0.2, 0.25) is 5.88 Å². The Morgan fingerprint density at radius 1 is 1.28 bits per heavy atom. The van der Waals surface area contributed by atoms with Crippen molar-refractivity contribution in [1.82, 2.24) is 10.3 Å². The number of halogens is 1. The zero-order valence-electron chi connectivity index (χ0n) is 10.4. The largest absolute Gasteiger partial charge is 0.438 e. The smallest absolute Gasteiger partial charge is 0.233 e. The SMILES string of the molecule is CNCc1ccccc1Oc1nccc(C)c1Br. The first-order valence-corrected chi connectivity index (χ1v) is 6.53. The first-order valence-electron chi connectivity index (χ1n) is 5.74. The molecule has 0 aliphatic carbocycles. The quantitative estimate of drug-likeness (QED) is 0.936. The average Bonchev–Trinajstić information content (AvgIpc) is 2.37. The van der Waals surface area contributed by atoms with Crippen molar-refractivity contribution in [2.75, 3.05) is 7.05 Å². The maximum absolute atomic E-state index is 5.88. The number of hydrogen-bond acceptors (Lipinski definition) is 3. The molecule has 0 aliphatic rings. The molecule has 18 heavy (non-hydrogen) atoms. The first kappa shape index (κ1) is 13.1. The minimum atomic E-state index is 0.596. The predicted octanol–water partition coefficient (Wildman–Crippen LogP) is 3.66. The summed E-state index contributed by atoms with van der Waals surface area (Å²) in [5.41, 5.74) is 2.21. The monoisotopic (exact) mass is 306 g/mol. The second-order valence-electron chi connectivity index (χ2n) is 3.99. The van der Waals surface area contributed by atoms with Gasteiger partial charge in [-0.3, -0.25) is 0 Å². The molecule has 1 N–H and O–H groups in total. The first-order chi connectivity index (χ1) is 8.72. The van der Waals surface area contributed by atoms with Crippen molar-refractivity contribution < 1.29 is 4.74 Å². The standard InChI is InChI=1S/C14H15BrN2O/c1-10-7-8-17-14(13(10)15)18-12-6-4-3-5-11(12)9-16-2/h3-8,16H,9H2,1-2H3. The number of aryl methyl sites for hydroxylation is 1. The Kier molecular flexibility index (Phi) is 4.33. The summed E-state index contributed by atoms with van der Waals surface area (Å²) in [6.45, 7) is 2.78. The molecule has 1 aromatic carbocycles. The molecule has 1 heterocycles. The van der Waals surface area contributed by atoms with E-state index in [4.69, 9.17) is 4.74 Å². The van der Waals surface area contributed by atoms with Gasteiger partial charge in [-0.05, 0) is 47.6 Å². The van der Waals surface area contributed by atoms with Crippen LogP contribution in [0.2, 0.25) is 0 Å². The molecular weight excluding hydrogens is 292 g/mol. The van der Waals surface area contributed by atoms with Gasteiger partial charge in [-0.15, -0.1) is 0 Å². The molecule has 0 spiro atoms. The van der Waals surface area contributed by atoms with Crippen LogP contribution in [0.4, 0.5) is 0 Å². The van der Waals surface area contributed by atoms with Gasteiger partial charge in [0.05, 0.1) is 4.47 Å². The van der Waals surface area contributed by atoms with E-state index < -0.39 is 0 Å². The number of ether oxygens (including phenoxy) is 1. The Hall–Kier alpha value is -1.39. The van der Waals surface area contributed by atoms with E-state index in [1.807, 2.05) is 44.3 Å². The summed E-state index contributed by atoms with van der Waals surface area (Å²) in [6.07, 6.45) is 1.75. The maximum atomic E-state index is 5.88. The number of nitrogens with zero attached hydrogens (tertiary/aromatic N) is 1. The molecule has 0 saturated carbocycles. The van der Waals surface area contributed by atoms with Crippen molar-refractivity contribution >= 4 is 15.9 Å². The van der Waals surface area contributed by atoms with Crippen LogP contribution in [0.25, 0.3) is 0 Å². The van der Waals surface area contributed by atoms with Crippen molar-refractivity contribution in [2.24, 2.45) is 0 Å². The lowest BCUT2D eigenvalue weighted by molar-refractivity contribution is 0.452. The van der Waals surface area contributed by atoms with Crippen molar-refractivity contribution in [3.05, 3.63) is 52.1 Å². The number of hydrogen-bond donors (Lipinski definition) is 1. The molecule has 1 aromatic heterocycles. The van der Waals surface area contributed by atoms with E-state index in [1.54, 1.807) is 6.20 Å². The number of nitrogens with one attached hydrogen (secondary N) is 1. The zero-order chi connectivity index (χ0) is 13.0. The van der Waals surface area contributed by atoms with E-state index in [-0.39, 0.29) is 0 Å². The van der Waals surface area contributed by atoms with Gasteiger partial charge in [-0.2, -0.15) is 0 Å². The molecule has 0 amide bonds. The summed E-state index contributed by atoms with van der Waals surface area (Å²) in [7, 11) is 1.91. The van der Waals surface area contributed by atoms with Crippen molar-refractivity contribution in [3.8, 4) is 11.6 Å². The van der Waals surface area contributed by atoms with Crippen LogP contribution in [0, 0.1) is 6.92 Å². The van der Waals surface area contributed by atoms with Crippen LogP contribution >= 0.6 is 15.9 Å². The van der Waals surface area contributed by atoms with Crippen LogP contribution in [0.1, 0.15) is 11.1 Å². The third-order valence-corrected chi connectivity index (χ3v) is 3.56. The van der Waals surface area contributed by atoms with Crippen LogP contribution in [0.3, 0.4) is 0 Å². The average molecular weight is 307 g/mol. The van der Waals surface area contributed by atoms with E-state index in [1.165, 1.54) is 0 Å². The van der Waals surface area contributed by atoms with Crippen molar-refractivity contribution in [2.45, 2.75) is 13.5 Å². The molecule has 94 valence electrons. The molecular formula is C14H15BrN2O. The van der Waals surface area contributed by atoms with Crippen LogP contribution in [0.5, 0.6) is 11.6 Å². The minimum absolute atomic E-state index is 0.596. The molecule has 0 unspecified atom stereocenters. The lowest BCUT2D eigenvalue weighted by Crippen LogP contribution is -2.06. The van der Waals surface area contributed by atoms with Gasteiger partial charge < -0.3 is 10.1 Å². The highest BCUT2D eigenvalue weighted by Gasteiger charge is 2.09. The molecule has 0 saturated heterocycles. The summed E-state index contributed by atoms with van der Waals surface area (Å²) < 4.78 is 6.77. The van der Waals surface area contributed by atoms with Gasteiger partial charge in [0.1, 0.15) is 5.75 Å². The van der Waals surface area contributed by atoms with E-state index in [9.17, 15) is 0 Å². The molecule has 0 fully saturated rings. The summed E-state index contributed by atoms with van der Waals surface area (Å²) >= 11 is 3.50. The third kappa shape index (κ3) is 2.89. The minimum Gasteiger partial charge on any atom is -0.438 e. The Morgan fingerprint density at radius 3 is 2.83 bits per heavy atom. The Labute approximate surface area is 115 Å². The van der Waals surface area contributed by atoms with E-state index in [2.05, 4.69) is 26.2 Å². The normalized spacial score (nSPS) is 10.4. The lowest BCUT2D eigenvalue weighted by atomic mass is 10.2. The second-order valence-corrected chi connectivity index (χ2v) is 4.78. The second kappa shape index (κ2) is 5.98. The molecule has 0 radical (unpaired) electrons. The Morgan fingerprint density at radius 2 is 2.06 bits per heavy atom. The summed E-state index contributed by atoms with van der Waals surface area (Å²) in [4.78, 5) is 4.25. The molecule has 0 bridgehead atoms. The number of pyridine rings is 1. The zero-order valence-corrected chi connectivity index (χ0v) is 12.0. The highest BCUT2D eigenvalue weighted by atomic mass is 79.9. The fourth-order valence-electron chi connectivity index (χ4n) is 1.63. The van der Waals surface area contributed by atoms with Gasteiger partial charge in [-0.25, -0.2) is 4.98 Å². The molecule has 3 nitrogen and oxygen atoms in total. The van der Waals surface area contributed by atoms with Gasteiger partial charge in [-0.1, -0.05) is 18.2 Å². The van der Waals surface area contributed by atoms with Crippen LogP contribution in [0.15, 0.2) is 41.0 Å². The molecule has 2 aromatic rings. The van der Waals surface area contributed by atoms with Gasteiger partial charge >= 0.3 is 0 Å². The molecule has 0 atom stereocenters. The highest BCUT2D eigenvalue weighted by Crippen LogP contribution is 2.31. The Bertz CT molecular complexity index is 543. The molecule has 0 aliphatic heterocycles. The van der Waals surface area contributed by atoms with Crippen LogP contribution in [-0.4, -0.2) is 12.0 Å². The van der Waals surface area contributed by atoms with Crippen LogP contribution < -0.4 is 10.1 Å². The van der Waals surface area contributed by atoms with Crippen LogP contribution in [-0.2, 0) is 6.54 Å². The number of benzene rings is 1. The van der Waals surface area contributed by atoms with Crippen molar-refractivity contribution in [3.63, 3.8) is 0 Å². The number of aromatic nitrogens is 1. The number of para-hydroxylation sites is 1. The Balaban J connectivity index is 2.31. The van der Waals surface area contributed by atoms with Gasteiger partial charge in [0, 0.05) is 18.3 Å². The summed E-state index contributed by atoms with van der Waals surface area (Å²) in [5.74, 6) is 1.42.